The van der Waals surface area contributed by atoms with Crippen molar-refractivity contribution in [1.82, 2.24) is 0 Å². The van der Waals surface area contributed by atoms with Crippen LogP contribution in [0.5, 0.6) is 0 Å². The van der Waals surface area contributed by atoms with E-state index in [2.05, 4.69) is 0 Å². The molecular formula is C5H9NO. The second kappa shape index (κ2) is 1.01. The van der Waals surface area contributed by atoms with Gasteiger partial charge in [-0.15, -0.1) is 0 Å². The fourth-order valence-electron chi connectivity index (χ4n) is 1.30. The first-order valence-corrected chi connectivity index (χ1v) is 2.77. The molecule has 3 atom stereocenters. The van der Waals surface area contributed by atoms with Gasteiger partial charge in [-0.2, -0.15) is 0 Å². The van der Waals surface area contributed by atoms with Crippen LogP contribution in [-0.2, 0) is 4.74 Å². The maximum Gasteiger partial charge on any atom is 0.0774 e. The van der Waals surface area contributed by atoms with Crippen LogP contribution >= 0.6 is 0 Å². The Morgan fingerprint density at radius 1 is 1.57 bits per heavy atom. The lowest BCUT2D eigenvalue weighted by Gasteiger charge is -1.93. The molecule has 2 aliphatic rings. The Hall–Kier alpha value is -0.0800. The normalized spacial score (nSPS) is 57.0. The second-order valence-corrected chi connectivity index (χ2v) is 2.37. The third-order valence-corrected chi connectivity index (χ3v) is 1.92. The van der Waals surface area contributed by atoms with Crippen LogP contribution < -0.4 is 5.73 Å². The third kappa shape index (κ3) is 0.359. The highest BCUT2D eigenvalue weighted by Crippen LogP contribution is 2.40. The minimum atomic E-state index is 0.397. The predicted molar refractivity (Wildman–Crippen MR) is 25.8 cm³/mol. The van der Waals surface area contributed by atoms with Gasteiger partial charge in [-0.25, -0.2) is 0 Å². The Bertz CT molecular complexity index is 84.1. The Kier molecular flexibility index (Phi) is 0.557. The molecule has 2 nitrogen and oxygen atoms in total. The monoisotopic (exact) mass is 99.1 g/mol. The number of rotatable bonds is 0. The highest BCUT2D eigenvalue weighted by atomic mass is 16.5. The number of hydrogen-bond donors (Lipinski definition) is 1. The highest BCUT2D eigenvalue weighted by Gasteiger charge is 2.52. The van der Waals surface area contributed by atoms with Crippen molar-refractivity contribution >= 4 is 0 Å². The molecule has 2 rings (SSSR count). The van der Waals surface area contributed by atoms with Gasteiger partial charge in [0.1, 0.15) is 0 Å². The number of hydrogen-bond acceptors (Lipinski definition) is 2. The van der Waals surface area contributed by atoms with Crippen LogP contribution in [0.15, 0.2) is 0 Å². The van der Waals surface area contributed by atoms with E-state index in [1.807, 2.05) is 0 Å². The van der Waals surface area contributed by atoms with Gasteiger partial charge in [0.25, 0.3) is 0 Å². The average molecular weight is 99.1 g/mol. The van der Waals surface area contributed by atoms with Gasteiger partial charge in [-0.05, 0) is 6.42 Å². The lowest BCUT2D eigenvalue weighted by Crippen LogP contribution is -2.10. The molecule has 2 fully saturated rings. The van der Waals surface area contributed by atoms with Crippen LogP contribution in [0.2, 0.25) is 0 Å². The molecule has 0 amide bonds. The first-order chi connectivity index (χ1) is 3.39. The summed E-state index contributed by atoms with van der Waals surface area (Å²) < 4.78 is 5.21. The molecule has 2 heteroatoms. The van der Waals surface area contributed by atoms with E-state index in [4.69, 9.17) is 10.5 Å². The van der Waals surface area contributed by atoms with Crippen molar-refractivity contribution in [2.75, 3.05) is 6.61 Å². The van der Waals surface area contributed by atoms with Gasteiger partial charge in [-0.1, -0.05) is 0 Å². The molecule has 40 valence electrons. The molecule has 0 radical (unpaired) electrons. The topological polar surface area (TPSA) is 35.2 Å². The van der Waals surface area contributed by atoms with Crippen molar-refractivity contribution in [1.29, 1.82) is 0 Å². The molecule has 1 aliphatic carbocycles. The van der Waals surface area contributed by atoms with Crippen molar-refractivity contribution in [3.05, 3.63) is 0 Å². The van der Waals surface area contributed by atoms with E-state index >= 15 is 0 Å². The summed E-state index contributed by atoms with van der Waals surface area (Å²) in [6.07, 6.45) is 1.66. The van der Waals surface area contributed by atoms with Gasteiger partial charge in [0, 0.05) is 18.6 Å². The zero-order valence-electron chi connectivity index (χ0n) is 4.13. The average Bonchev–Trinajstić information content (AvgIpc) is 2.26. The van der Waals surface area contributed by atoms with E-state index < -0.39 is 0 Å². The fraction of sp³-hybridized carbons (Fsp3) is 1.00. The quantitative estimate of drug-likeness (QED) is 0.454. The molecule has 1 saturated carbocycles. The molecule has 0 unspecified atom stereocenters. The molecule has 0 aromatic heterocycles. The summed E-state index contributed by atoms with van der Waals surface area (Å²) in [7, 11) is 0. The van der Waals surface area contributed by atoms with Crippen molar-refractivity contribution in [3.63, 3.8) is 0 Å². The largest absolute Gasteiger partial charge is 0.376 e. The molecule has 0 aromatic carbocycles. The van der Waals surface area contributed by atoms with E-state index in [9.17, 15) is 0 Å². The summed E-state index contributed by atoms with van der Waals surface area (Å²) in [4.78, 5) is 0. The zero-order valence-corrected chi connectivity index (χ0v) is 4.13. The summed E-state index contributed by atoms with van der Waals surface area (Å²) in [5.41, 5.74) is 5.55. The Balaban J connectivity index is 2.06. The predicted octanol–water partition coefficient (Wildman–Crippen LogP) is -0.268. The van der Waals surface area contributed by atoms with Gasteiger partial charge in [0.05, 0.1) is 6.10 Å². The standard InChI is InChI=1S/C5H9NO/c6-4-3-1-2-7-5(3)4/h3-5H,1-2,6H2/t3-,4+,5-/m0/s1. The molecular weight excluding hydrogens is 90.1 g/mol. The number of ether oxygens (including phenoxy) is 1. The summed E-state index contributed by atoms with van der Waals surface area (Å²) in [6, 6.07) is 0.397. The summed E-state index contributed by atoms with van der Waals surface area (Å²) in [5.74, 6) is 0.736. The van der Waals surface area contributed by atoms with Gasteiger partial charge in [0.2, 0.25) is 0 Å². The minimum Gasteiger partial charge on any atom is -0.376 e. The van der Waals surface area contributed by atoms with Crippen LogP contribution in [0, 0.1) is 5.92 Å². The van der Waals surface area contributed by atoms with Crippen LogP contribution in [0.25, 0.3) is 0 Å². The Morgan fingerprint density at radius 2 is 2.43 bits per heavy atom. The highest BCUT2D eigenvalue weighted by molar-refractivity contribution is 5.05. The molecule has 0 aromatic rings. The van der Waals surface area contributed by atoms with Crippen molar-refractivity contribution in [2.24, 2.45) is 11.7 Å². The minimum absolute atomic E-state index is 0.397. The maximum absolute atomic E-state index is 5.55. The van der Waals surface area contributed by atoms with Crippen molar-refractivity contribution < 1.29 is 4.74 Å². The lowest BCUT2D eigenvalue weighted by atomic mass is 10.3. The lowest BCUT2D eigenvalue weighted by molar-refractivity contribution is 0.150. The zero-order chi connectivity index (χ0) is 4.85. The van der Waals surface area contributed by atoms with Crippen LogP contribution in [0.4, 0.5) is 0 Å². The van der Waals surface area contributed by atoms with E-state index in [0.29, 0.717) is 12.1 Å². The van der Waals surface area contributed by atoms with E-state index in [1.165, 1.54) is 6.42 Å². The molecule has 0 spiro atoms. The van der Waals surface area contributed by atoms with E-state index in [1.54, 1.807) is 0 Å². The van der Waals surface area contributed by atoms with E-state index in [0.717, 1.165) is 12.5 Å². The molecule has 2 N–H and O–H groups in total. The third-order valence-electron chi connectivity index (χ3n) is 1.92. The first-order valence-electron chi connectivity index (χ1n) is 2.77. The molecule has 1 aliphatic heterocycles. The van der Waals surface area contributed by atoms with Crippen molar-refractivity contribution in [3.8, 4) is 0 Å². The van der Waals surface area contributed by atoms with Gasteiger partial charge >= 0.3 is 0 Å². The Morgan fingerprint density at radius 3 is 2.71 bits per heavy atom. The molecule has 0 bridgehead atoms. The summed E-state index contributed by atoms with van der Waals surface area (Å²) >= 11 is 0. The van der Waals surface area contributed by atoms with E-state index in [-0.39, 0.29) is 0 Å². The van der Waals surface area contributed by atoms with Gasteiger partial charge in [-0.3, -0.25) is 0 Å². The molecule has 1 saturated heterocycles. The maximum atomic E-state index is 5.55. The Labute approximate surface area is 42.6 Å². The van der Waals surface area contributed by atoms with Crippen LogP contribution in [0.1, 0.15) is 6.42 Å². The first kappa shape index (κ1) is 3.87. The van der Waals surface area contributed by atoms with Gasteiger partial charge < -0.3 is 10.5 Å². The number of nitrogens with two attached hydrogens (primary N) is 1. The fourth-order valence-corrected chi connectivity index (χ4v) is 1.30. The SMILES string of the molecule is N[C@@H]1[C@@H]2CCO[C@H]12. The smallest absolute Gasteiger partial charge is 0.0774 e. The van der Waals surface area contributed by atoms with Crippen LogP contribution in [0.3, 0.4) is 0 Å². The summed E-state index contributed by atoms with van der Waals surface area (Å²) in [5, 5.41) is 0. The van der Waals surface area contributed by atoms with Crippen molar-refractivity contribution in [2.45, 2.75) is 18.6 Å². The second-order valence-electron chi connectivity index (χ2n) is 2.37. The number of fused-ring (bicyclic) bond motifs is 1. The van der Waals surface area contributed by atoms with Crippen LogP contribution in [-0.4, -0.2) is 18.8 Å². The molecule has 1 heterocycles. The molecule has 7 heavy (non-hydrogen) atoms. The van der Waals surface area contributed by atoms with Gasteiger partial charge in [0.15, 0.2) is 0 Å². The summed E-state index contributed by atoms with van der Waals surface area (Å²) in [6.45, 7) is 0.947.